The molecular formula is C19H29N6O2+. The number of amides is 1. The van der Waals surface area contributed by atoms with E-state index in [9.17, 15) is 4.79 Å². The Bertz CT molecular complexity index is 787. The number of aliphatic imine (C=N–C) groups is 1. The molecule has 0 aromatic heterocycles. The molecule has 27 heavy (non-hydrogen) atoms. The minimum absolute atomic E-state index is 0.0581. The molecule has 8 heteroatoms. The summed E-state index contributed by atoms with van der Waals surface area (Å²) < 4.78 is 1.49. The van der Waals surface area contributed by atoms with Crippen LogP contribution < -0.4 is 16.0 Å². The molecule has 8 nitrogen and oxygen atoms in total. The number of hydrogen-bond acceptors (Lipinski definition) is 6. The first-order valence-corrected chi connectivity index (χ1v) is 9.08. The summed E-state index contributed by atoms with van der Waals surface area (Å²) in [6, 6.07) is 6.39. The van der Waals surface area contributed by atoms with Gasteiger partial charge in [-0.25, -0.2) is 4.99 Å². The summed E-state index contributed by atoms with van der Waals surface area (Å²) in [5.74, 6) is 0.195. The number of amidine groups is 1. The Morgan fingerprint density at radius 1 is 1.33 bits per heavy atom. The molecule has 2 rings (SSSR count). The number of aliphatic hydroxyl groups excluding tert-OH is 1. The van der Waals surface area contributed by atoms with Crippen LogP contribution in [0.3, 0.4) is 0 Å². The van der Waals surface area contributed by atoms with E-state index in [-0.39, 0.29) is 12.5 Å². The predicted molar refractivity (Wildman–Crippen MR) is 110 cm³/mol. The van der Waals surface area contributed by atoms with E-state index in [1.165, 1.54) is 11.6 Å². The predicted octanol–water partition coefficient (Wildman–Crippen LogP) is 1.70. The number of carbonyl (C=O) groups excluding carboxylic acids is 1. The molecule has 1 heterocycles. The molecule has 0 saturated heterocycles. The second-order valence-corrected chi connectivity index (χ2v) is 6.95. The van der Waals surface area contributed by atoms with Crippen LogP contribution in [0.5, 0.6) is 0 Å². The molecule has 4 N–H and O–H groups in total. The van der Waals surface area contributed by atoms with Crippen LogP contribution in [0.1, 0.15) is 34.6 Å². The molecule has 0 radical (unpaired) electrons. The van der Waals surface area contributed by atoms with Gasteiger partial charge in [0.25, 0.3) is 0 Å². The Balaban J connectivity index is 2.47. The summed E-state index contributed by atoms with van der Waals surface area (Å²) in [7, 11) is 0. The summed E-state index contributed by atoms with van der Waals surface area (Å²) in [5.41, 5.74) is 8.75. The number of benzene rings is 1. The lowest BCUT2D eigenvalue weighted by atomic mass is 10.1. The monoisotopic (exact) mass is 373 g/mol. The van der Waals surface area contributed by atoms with Crippen molar-refractivity contribution in [3.05, 3.63) is 18.2 Å². The van der Waals surface area contributed by atoms with Crippen LogP contribution in [0.4, 0.5) is 17.1 Å². The van der Waals surface area contributed by atoms with Gasteiger partial charge in [0.2, 0.25) is 5.91 Å². The van der Waals surface area contributed by atoms with Gasteiger partial charge >= 0.3 is 5.84 Å². The number of anilines is 2. The van der Waals surface area contributed by atoms with E-state index in [4.69, 9.17) is 10.8 Å². The van der Waals surface area contributed by atoms with E-state index in [2.05, 4.69) is 48.0 Å². The molecule has 1 aliphatic rings. The molecule has 0 fully saturated rings. The molecule has 0 atom stereocenters. The van der Waals surface area contributed by atoms with Crippen molar-refractivity contribution in [1.29, 1.82) is 0 Å². The van der Waals surface area contributed by atoms with Crippen LogP contribution in [0.2, 0.25) is 0 Å². The standard InChI is InChI=1S/C19H28N6O2/c1-12(2)25(13(3)4)15-6-7-16(17(10-15)22-14(5)27)23-18-11-21-24(8-9-26)19(18)20/h6-7,10-13,26H,8-9H2,1-5H3,(H2,20,21,22,27)/p+1. The minimum atomic E-state index is -0.173. The highest BCUT2D eigenvalue weighted by molar-refractivity contribution is 6.62. The maximum Gasteiger partial charge on any atom is 0.321 e. The highest BCUT2D eigenvalue weighted by atomic mass is 16.3. The first kappa shape index (κ1) is 20.6. The lowest BCUT2D eigenvalue weighted by Gasteiger charge is -2.33. The third kappa shape index (κ3) is 4.91. The van der Waals surface area contributed by atoms with Gasteiger partial charge < -0.3 is 15.3 Å². The van der Waals surface area contributed by atoms with Crippen LogP contribution in [0.15, 0.2) is 28.3 Å². The van der Waals surface area contributed by atoms with Crippen molar-refractivity contribution in [3.8, 4) is 0 Å². The van der Waals surface area contributed by atoms with Gasteiger partial charge in [-0.1, -0.05) is 5.10 Å². The number of aliphatic hydroxyl groups is 1. The van der Waals surface area contributed by atoms with Gasteiger partial charge in [-0.2, -0.15) is 0 Å². The fourth-order valence-corrected chi connectivity index (χ4v) is 3.14. The van der Waals surface area contributed by atoms with Crippen molar-refractivity contribution >= 4 is 40.7 Å². The van der Waals surface area contributed by atoms with Gasteiger partial charge in [-0.05, 0) is 45.9 Å². The van der Waals surface area contributed by atoms with Crippen molar-refractivity contribution in [2.24, 2.45) is 15.8 Å². The van der Waals surface area contributed by atoms with Crippen molar-refractivity contribution in [2.45, 2.75) is 46.7 Å². The van der Waals surface area contributed by atoms with Gasteiger partial charge in [-0.3, -0.25) is 10.5 Å². The average Bonchev–Trinajstić information content (AvgIpc) is 2.89. The maximum atomic E-state index is 11.7. The SMILES string of the molecule is CC(=O)Nc1cc(N(C(C)C)C(C)C)ccc1N=C1C=N[N+](CCO)=C1N. The number of nitrogens with two attached hydrogens (primary N) is 1. The highest BCUT2D eigenvalue weighted by Crippen LogP contribution is 2.32. The Morgan fingerprint density at radius 3 is 2.56 bits per heavy atom. The zero-order chi connectivity index (χ0) is 20.1. The summed E-state index contributed by atoms with van der Waals surface area (Å²) in [5, 5.41) is 16.0. The zero-order valence-corrected chi connectivity index (χ0v) is 16.6. The van der Waals surface area contributed by atoms with Gasteiger partial charge in [0, 0.05) is 24.7 Å². The van der Waals surface area contributed by atoms with Crippen LogP contribution in [0, 0.1) is 0 Å². The molecule has 0 aliphatic carbocycles. The fourth-order valence-electron chi connectivity index (χ4n) is 3.14. The summed E-state index contributed by atoms with van der Waals surface area (Å²) in [6.45, 7) is 10.2. The van der Waals surface area contributed by atoms with Crippen LogP contribution in [-0.2, 0) is 4.79 Å². The second-order valence-electron chi connectivity index (χ2n) is 6.95. The Labute approximate surface area is 160 Å². The number of hydrazone groups is 1. The molecule has 1 aromatic carbocycles. The van der Waals surface area contributed by atoms with Gasteiger partial charge in [0.1, 0.15) is 12.8 Å². The Morgan fingerprint density at radius 2 is 2.00 bits per heavy atom. The molecule has 0 unspecified atom stereocenters. The second kappa shape index (κ2) is 8.77. The Kier molecular flexibility index (Phi) is 6.68. The van der Waals surface area contributed by atoms with E-state index in [1.54, 1.807) is 6.21 Å². The molecular weight excluding hydrogens is 344 g/mol. The first-order valence-electron chi connectivity index (χ1n) is 9.08. The van der Waals surface area contributed by atoms with Crippen molar-refractivity contribution in [2.75, 3.05) is 23.4 Å². The number of rotatable bonds is 7. The maximum absolute atomic E-state index is 11.7. The normalized spacial score (nSPS) is 15.3. The van der Waals surface area contributed by atoms with E-state index in [0.29, 0.717) is 41.6 Å². The number of carbonyl (C=O) groups is 1. The average molecular weight is 373 g/mol. The quantitative estimate of drug-likeness (QED) is 0.633. The molecule has 0 spiro atoms. The lowest BCUT2D eigenvalue weighted by molar-refractivity contribution is -0.532. The lowest BCUT2D eigenvalue weighted by Crippen LogP contribution is -2.37. The molecule has 0 saturated carbocycles. The van der Waals surface area contributed by atoms with E-state index in [0.717, 1.165) is 5.69 Å². The van der Waals surface area contributed by atoms with Crippen molar-refractivity contribution in [1.82, 2.24) is 0 Å². The molecule has 1 aromatic rings. The summed E-state index contributed by atoms with van der Waals surface area (Å²) >= 11 is 0. The molecule has 146 valence electrons. The first-order chi connectivity index (χ1) is 12.7. The van der Waals surface area contributed by atoms with E-state index in [1.807, 2.05) is 18.2 Å². The van der Waals surface area contributed by atoms with Crippen LogP contribution in [0.25, 0.3) is 0 Å². The van der Waals surface area contributed by atoms with Crippen LogP contribution in [-0.4, -0.2) is 58.7 Å². The smallest absolute Gasteiger partial charge is 0.321 e. The van der Waals surface area contributed by atoms with E-state index < -0.39 is 0 Å². The minimum Gasteiger partial charge on any atom is -0.392 e. The number of β-amino-alcohol motifs (C(OH)–C–C–N with tert-alkyl or cyclic N) is 1. The highest BCUT2D eigenvalue weighted by Gasteiger charge is 2.22. The largest absolute Gasteiger partial charge is 0.392 e. The fraction of sp³-hybridized carbons (Fsp3) is 0.474. The molecule has 1 aliphatic heterocycles. The summed E-state index contributed by atoms with van der Waals surface area (Å²) in [4.78, 5) is 18.5. The zero-order valence-electron chi connectivity index (χ0n) is 16.6. The van der Waals surface area contributed by atoms with Gasteiger partial charge in [-0.15, -0.1) is 4.68 Å². The van der Waals surface area contributed by atoms with Gasteiger partial charge in [0.15, 0.2) is 5.71 Å². The third-order valence-electron chi connectivity index (χ3n) is 4.11. The topological polar surface area (TPSA) is 106 Å². The number of nitrogens with one attached hydrogen (secondary N) is 1. The molecule has 1 amide bonds. The summed E-state index contributed by atoms with van der Waals surface area (Å²) in [6.07, 6.45) is 1.55. The Hall–Kier alpha value is -2.74. The van der Waals surface area contributed by atoms with Crippen LogP contribution >= 0.6 is 0 Å². The van der Waals surface area contributed by atoms with Crippen molar-refractivity contribution < 1.29 is 14.6 Å². The van der Waals surface area contributed by atoms with E-state index >= 15 is 0 Å². The number of nitrogens with zero attached hydrogens (tertiary/aromatic N) is 4. The van der Waals surface area contributed by atoms with Crippen molar-refractivity contribution in [3.63, 3.8) is 0 Å². The molecule has 0 bridgehead atoms. The third-order valence-corrected chi connectivity index (χ3v) is 4.11. The van der Waals surface area contributed by atoms with Gasteiger partial charge in [0.05, 0.1) is 18.0 Å². The number of hydrogen-bond donors (Lipinski definition) is 3.